The Kier molecular flexibility index (Phi) is 4.97. The Morgan fingerprint density at radius 2 is 1.80 bits per heavy atom. The number of rotatable bonds is 3. The van der Waals surface area contributed by atoms with Gasteiger partial charge >= 0.3 is 5.97 Å². The number of fused-ring (bicyclic) bond motifs is 3. The largest absolute Gasteiger partial charge is 0.462 e. The number of nitrogens with zero attached hydrogens (tertiary/aromatic N) is 2. The number of ether oxygens (including phenoxy) is 2. The lowest BCUT2D eigenvalue weighted by atomic mass is 9.53. The molecule has 2 aliphatic carbocycles. The van der Waals surface area contributed by atoms with Gasteiger partial charge in [-0.2, -0.15) is 0 Å². The average molecular weight is 417 g/mol. The minimum Gasteiger partial charge on any atom is -0.462 e. The molecule has 6 fully saturated rings. The van der Waals surface area contributed by atoms with E-state index in [4.69, 9.17) is 9.47 Å². The van der Waals surface area contributed by atoms with E-state index in [1.807, 2.05) is 0 Å². The van der Waals surface area contributed by atoms with Crippen molar-refractivity contribution in [2.45, 2.75) is 88.9 Å². The number of carbonyl (C=O) groups excluding carboxylic acids is 1. The highest BCUT2D eigenvalue weighted by atomic mass is 16.6. The third-order valence-electron chi connectivity index (χ3n) is 10.00. The van der Waals surface area contributed by atoms with Crippen molar-refractivity contribution in [1.29, 1.82) is 0 Å². The van der Waals surface area contributed by atoms with Crippen LogP contribution in [0.25, 0.3) is 0 Å². The van der Waals surface area contributed by atoms with Crippen molar-refractivity contribution >= 4 is 5.97 Å². The molecule has 0 unspecified atom stereocenters. The molecule has 6 rings (SSSR count). The fraction of sp³-hybridized carbons (Fsp3) is 0.960. The summed E-state index contributed by atoms with van der Waals surface area (Å²) in [4.78, 5) is 18.2. The molecule has 6 atom stereocenters. The van der Waals surface area contributed by atoms with Gasteiger partial charge in [-0.05, 0) is 95.3 Å². The lowest BCUT2D eigenvalue weighted by Gasteiger charge is -2.51. The summed E-state index contributed by atoms with van der Waals surface area (Å²) >= 11 is 0. The van der Waals surface area contributed by atoms with Gasteiger partial charge in [0.25, 0.3) is 0 Å². The van der Waals surface area contributed by atoms with Gasteiger partial charge in [0.1, 0.15) is 6.10 Å². The summed E-state index contributed by atoms with van der Waals surface area (Å²) in [7, 11) is 0. The molecule has 0 amide bonds. The summed E-state index contributed by atoms with van der Waals surface area (Å²) in [6.07, 6.45) is 12.8. The maximum Gasteiger partial charge on any atom is 0.310 e. The Morgan fingerprint density at radius 1 is 1.03 bits per heavy atom. The highest BCUT2D eigenvalue weighted by Crippen LogP contribution is 2.62. The summed E-state index contributed by atoms with van der Waals surface area (Å²) in [5.41, 5.74) is 0.457. The van der Waals surface area contributed by atoms with Crippen molar-refractivity contribution in [1.82, 2.24) is 9.80 Å². The normalized spacial score (nSPS) is 47.7. The van der Waals surface area contributed by atoms with Gasteiger partial charge in [0.05, 0.1) is 18.1 Å². The van der Waals surface area contributed by atoms with Crippen LogP contribution >= 0.6 is 0 Å². The maximum absolute atomic E-state index is 12.9. The van der Waals surface area contributed by atoms with Crippen LogP contribution in [0.1, 0.15) is 71.1 Å². The Hall–Kier alpha value is -0.650. The fourth-order valence-corrected chi connectivity index (χ4v) is 8.19. The Bertz CT molecular complexity index is 665. The molecule has 0 aromatic rings. The average Bonchev–Trinajstić information content (AvgIpc) is 3.46. The SMILES string of the molecule is C[C@]12CCC[C@]3(CO3)[C@@H]1C[C@H]1[C@@H](C2)OC(=O)[C@@H]1CN1CCC(N2CCCCC2)CC1. The molecular formula is C25H40N2O3. The summed E-state index contributed by atoms with van der Waals surface area (Å²) in [6.45, 7) is 9.22. The Morgan fingerprint density at radius 3 is 2.53 bits per heavy atom. The molecule has 4 aliphatic heterocycles. The van der Waals surface area contributed by atoms with Gasteiger partial charge in [0.2, 0.25) is 0 Å². The Labute approximate surface area is 181 Å². The van der Waals surface area contributed by atoms with E-state index in [1.54, 1.807) is 0 Å². The highest BCUT2D eigenvalue weighted by Gasteiger charge is 2.65. The van der Waals surface area contributed by atoms with Crippen molar-refractivity contribution in [3.05, 3.63) is 0 Å². The van der Waals surface area contributed by atoms with E-state index in [-0.39, 0.29) is 23.6 Å². The van der Waals surface area contributed by atoms with E-state index in [0.717, 1.165) is 45.1 Å². The van der Waals surface area contributed by atoms with Crippen LogP contribution in [0.3, 0.4) is 0 Å². The molecule has 0 bridgehead atoms. The topological polar surface area (TPSA) is 45.3 Å². The van der Waals surface area contributed by atoms with Crippen molar-refractivity contribution in [2.75, 3.05) is 39.3 Å². The van der Waals surface area contributed by atoms with Gasteiger partial charge in [0, 0.05) is 18.5 Å². The molecule has 0 aromatic heterocycles. The van der Waals surface area contributed by atoms with E-state index >= 15 is 0 Å². The lowest BCUT2D eigenvalue weighted by molar-refractivity contribution is -0.147. The van der Waals surface area contributed by atoms with Crippen molar-refractivity contribution in [3.63, 3.8) is 0 Å². The smallest absolute Gasteiger partial charge is 0.310 e. The Balaban J connectivity index is 1.10. The molecule has 30 heavy (non-hydrogen) atoms. The number of carbonyl (C=O) groups is 1. The zero-order valence-corrected chi connectivity index (χ0v) is 18.8. The molecule has 0 N–H and O–H groups in total. The molecule has 4 heterocycles. The third-order valence-corrected chi connectivity index (χ3v) is 10.00. The first kappa shape index (κ1) is 20.0. The van der Waals surface area contributed by atoms with Crippen LogP contribution in [0.5, 0.6) is 0 Å². The highest BCUT2D eigenvalue weighted by molar-refractivity contribution is 5.75. The molecule has 6 aliphatic rings. The van der Waals surface area contributed by atoms with Crippen LogP contribution in [0.2, 0.25) is 0 Å². The third kappa shape index (κ3) is 3.34. The van der Waals surface area contributed by atoms with Crippen molar-refractivity contribution in [3.8, 4) is 0 Å². The van der Waals surface area contributed by atoms with Gasteiger partial charge < -0.3 is 19.3 Å². The molecule has 5 heteroatoms. The molecule has 2 saturated carbocycles. The van der Waals surface area contributed by atoms with E-state index in [1.165, 1.54) is 64.5 Å². The summed E-state index contributed by atoms with van der Waals surface area (Å²) in [6, 6.07) is 0.773. The second-order valence-electron chi connectivity index (χ2n) is 11.7. The first-order chi connectivity index (χ1) is 14.6. The van der Waals surface area contributed by atoms with Gasteiger partial charge in [-0.15, -0.1) is 0 Å². The van der Waals surface area contributed by atoms with Crippen LogP contribution in [-0.4, -0.2) is 72.8 Å². The first-order valence-electron chi connectivity index (χ1n) is 12.9. The van der Waals surface area contributed by atoms with Crippen LogP contribution in [0.4, 0.5) is 0 Å². The number of epoxide rings is 1. The van der Waals surface area contributed by atoms with E-state index in [0.29, 0.717) is 17.3 Å². The monoisotopic (exact) mass is 416 g/mol. The second kappa shape index (κ2) is 7.45. The number of hydrogen-bond acceptors (Lipinski definition) is 5. The molecular weight excluding hydrogens is 376 g/mol. The quantitative estimate of drug-likeness (QED) is 0.521. The number of hydrogen-bond donors (Lipinski definition) is 0. The minimum absolute atomic E-state index is 0.0869. The van der Waals surface area contributed by atoms with E-state index < -0.39 is 0 Å². The van der Waals surface area contributed by atoms with Gasteiger partial charge in [-0.1, -0.05) is 13.3 Å². The second-order valence-corrected chi connectivity index (χ2v) is 11.7. The summed E-state index contributed by atoms with van der Waals surface area (Å²) < 4.78 is 12.1. The molecule has 0 aromatic carbocycles. The van der Waals surface area contributed by atoms with Crippen LogP contribution in [-0.2, 0) is 14.3 Å². The minimum atomic E-state index is 0.0869. The summed E-state index contributed by atoms with van der Waals surface area (Å²) in [5.74, 6) is 1.22. The maximum atomic E-state index is 12.9. The predicted octanol–water partition coefficient (Wildman–Crippen LogP) is 3.46. The molecule has 5 nitrogen and oxygen atoms in total. The number of likely N-dealkylation sites (tertiary alicyclic amines) is 2. The van der Waals surface area contributed by atoms with Gasteiger partial charge in [0.15, 0.2) is 0 Å². The van der Waals surface area contributed by atoms with Crippen molar-refractivity contribution in [2.24, 2.45) is 23.2 Å². The number of piperidine rings is 2. The first-order valence-corrected chi connectivity index (χ1v) is 12.9. The van der Waals surface area contributed by atoms with Crippen LogP contribution < -0.4 is 0 Å². The van der Waals surface area contributed by atoms with Crippen LogP contribution in [0.15, 0.2) is 0 Å². The molecule has 0 radical (unpaired) electrons. The van der Waals surface area contributed by atoms with Gasteiger partial charge in [-0.25, -0.2) is 0 Å². The van der Waals surface area contributed by atoms with Crippen LogP contribution in [0, 0.1) is 23.2 Å². The molecule has 1 spiro atoms. The fourth-order valence-electron chi connectivity index (χ4n) is 8.19. The number of esters is 1. The van der Waals surface area contributed by atoms with Gasteiger partial charge in [-0.3, -0.25) is 4.79 Å². The zero-order valence-electron chi connectivity index (χ0n) is 18.8. The molecule has 168 valence electrons. The van der Waals surface area contributed by atoms with E-state index in [9.17, 15) is 4.79 Å². The zero-order chi connectivity index (χ0) is 20.3. The van der Waals surface area contributed by atoms with Crippen molar-refractivity contribution < 1.29 is 14.3 Å². The van der Waals surface area contributed by atoms with E-state index in [2.05, 4.69) is 16.7 Å². The lowest BCUT2D eigenvalue weighted by Crippen LogP contribution is -2.52. The summed E-state index contributed by atoms with van der Waals surface area (Å²) in [5, 5.41) is 0. The standard InChI is InChI=1S/C25H40N2O3/c1-24-8-5-9-25(17-29-25)22(24)14-19-20(23(28)30-21(19)15-24)16-26-12-6-18(7-13-26)27-10-3-2-4-11-27/h18-22H,2-17H2,1H3/t19-,20-,21-,22-,24-,25+/m1/s1. The predicted molar refractivity (Wildman–Crippen MR) is 115 cm³/mol. The molecule has 4 saturated heterocycles.